The highest BCUT2D eigenvalue weighted by Gasteiger charge is 2.49. The molecule has 2 N–H and O–H groups in total. The third-order valence-electron chi connectivity index (χ3n) is 6.52. The van der Waals surface area contributed by atoms with Crippen molar-refractivity contribution in [2.75, 3.05) is 13.1 Å². The standard InChI is InChI=1S/C20H40N2/c1-4-6-8-9-11-13-20(3,12-10-7-5-2)22-15-17-14-19(21)18(17)16-22/h17-19H,4-16,21H2,1-3H3. The number of fused-ring (bicyclic) bond motifs is 1. The first-order valence-electron chi connectivity index (χ1n) is 10.1. The fourth-order valence-corrected chi connectivity index (χ4v) is 4.71. The van der Waals surface area contributed by atoms with Crippen LogP contribution in [-0.4, -0.2) is 29.6 Å². The van der Waals surface area contributed by atoms with Crippen LogP contribution in [0.15, 0.2) is 0 Å². The number of unbranched alkanes of at least 4 members (excludes halogenated alkanes) is 6. The van der Waals surface area contributed by atoms with Gasteiger partial charge in [0.05, 0.1) is 0 Å². The molecule has 0 radical (unpaired) electrons. The summed E-state index contributed by atoms with van der Waals surface area (Å²) in [5.74, 6) is 1.73. The van der Waals surface area contributed by atoms with Crippen LogP contribution in [0.2, 0.25) is 0 Å². The summed E-state index contributed by atoms with van der Waals surface area (Å²) in [7, 11) is 0. The van der Waals surface area contributed by atoms with E-state index in [-0.39, 0.29) is 0 Å². The Hall–Kier alpha value is -0.0800. The Morgan fingerprint density at radius 3 is 2.09 bits per heavy atom. The molecule has 1 heterocycles. The Balaban J connectivity index is 1.84. The van der Waals surface area contributed by atoms with Crippen molar-refractivity contribution >= 4 is 0 Å². The normalized spacial score (nSPS) is 30.8. The zero-order chi connectivity index (χ0) is 16.0. The van der Waals surface area contributed by atoms with E-state index in [1.54, 1.807) is 0 Å². The van der Waals surface area contributed by atoms with E-state index >= 15 is 0 Å². The SMILES string of the molecule is CCCCCCCC(C)(CCCCC)N1CC2CC(N)C2C1. The molecule has 0 aromatic carbocycles. The summed E-state index contributed by atoms with van der Waals surface area (Å²) in [6.07, 6.45) is 15.2. The molecule has 2 heteroatoms. The van der Waals surface area contributed by atoms with Crippen molar-refractivity contribution in [3.8, 4) is 0 Å². The van der Waals surface area contributed by atoms with Gasteiger partial charge in [0.1, 0.15) is 0 Å². The molecule has 2 aliphatic rings. The molecule has 0 amide bonds. The second-order valence-corrected chi connectivity index (χ2v) is 8.35. The Morgan fingerprint density at radius 1 is 0.909 bits per heavy atom. The zero-order valence-corrected chi connectivity index (χ0v) is 15.4. The number of likely N-dealkylation sites (tertiary alicyclic amines) is 1. The second kappa shape index (κ2) is 8.68. The summed E-state index contributed by atoms with van der Waals surface area (Å²) in [5.41, 5.74) is 6.66. The minimum atomic E-state index is 0.443. The van der Waals surface area contributed by atoms with Gasteiger partial charge in [-0.3, -0.25) is 4.90 Å². The maximum Gasteiger partial charge on any atom is 0.0181 e. The van der Waals surface area contributed by atoms with E-state index < -0.39 is 0 Å². The average molecular weight is 309 g/mol. The van der Waals surface area contributed by atoms with E-state index in [9.17, 15) is 0 Å². The van der Waals surface area contributed by atoms with E-state index in [0.717, 1.165) is 11.8 Å². The van der Waals surface area contributed by atoms with Crippen LogP contribution in [0.1, 0.15) is 91.4 Å². The molecule has 0 aromatic rings. The maximum absolute atomic E-state index is 6.22. The molecule has 130 valence electrons. The Labute approximate surface area is 139 Å². The lowest BCUT2D eigenvalue weighted by atomic mass is 9.72. The first-order chi connectivity index (χ1) is 10.6. The van der Waals surface area contributed by atoms with Gasteiger partial charge in [-0.25, -0.2) is 0 Å². The van der Waals surface area contributed by atoms with Gasteiger partial charge in [0.25, 0.3) is 0 Å². The predicted octanol–water partition coefficient (Wildman–Crippen LogP) is 4.96. The van der Waals surface area contributed by atoms with Gasteiger partial charge in [0.15, 0.2) is 0 Å². The lowest BCUT2D eigenvalue weighted by Crippen LogP contribution is -2.47. The van der Waals surface area contributed by atoms with Crippen molar-refractivity contribution in [3.63, 3.8) is 0 Å². The smallest absolute Gasteiger partial charge is 0.0181 e. The topological polar surface area (TPSA) is 29.3 Å². The van der Waals surface area contributed by atoms with Crippen LogP contribution in [0, 0.1) is 11.8 Å². The highest BCUT2D eigenvalue weighted by molar-refractivity contribution is 5.04. The van der Waals surface area contributed by atoms with Crippen molar-refractivity contribution in [1.82, 2.24) is 4.90 Å². The third-order valence-corrected chi connectivity index (χ3v) is 6.52. The van der Waals surface area contributed by atoms with Crippen LogP contribution >= 0.6 is 0 Å². The summed E-state index contributed by atoms with van der Waals surface area (Å²) in [5, 5.41) is 0. The number of hydrogen-bond acceptors (Lipinski definition) is 2. The molecule has 1 saturated heterocycles. The Morgan fingerprint density at radius 2 is 1.50 bits per heavy atom. The monoisotopic (exact) mass is 308 g/mol. The lowest BCUT2D eigenvalue weighted by Gasteiger charge is -2.40. The van der Waals surface area contributed by atoms with Crippen LogP contribution in [0.3, 0.4) is 0 Å². The molecule has 2 fully saturated rings. The van der Waals surface area contributed by atoms with Gasteiger partial charge in [-0.05, 0) is 38.0 Å². The van der Waals surface area contributed by atoms with Gasteiger partial charge in [-0.1, -0.05) is 65.2 Å². The summed E-state index contributed by atoms with van der Waals surface area (Å²) in [6, 6.07) is 0.499. The predicted molar refractivity (Wildman–Crippen MR) is 97.1 cm³/mol. The molecular formula is C20H40N2. The van der Waals surface area contributed by atoms with Crippen LogP contribution in [-0.2, 0) is 0 Å². The lowest BCUT2D eigenvalue weighted by molar-refractivity contribution is 0.103. The average Bonchev–Trinajstić information content (AvgIpc) is 2.85. The first-order valence-corrected chi connectivity index (χ1v) is 10.1. The van der Waals surface area contributed by atoms with Crippen LogP contribution in [0.5, 0.6) is 0 Å². The molecule has 1 aliphatic heterocycles. The van der Waals surface area contributed by atoms with Crippen molar-refractivity contribution in [1.29, 1.82) is 0 Å². The van der Waals surface area contributed by atoms with Gasteiger partial charge in [-0.15, -0.1) is 0 Å². The molecule has 2 nitrogen and oxygen atoms in total. The Bertz CT molecular complexity index is 317. The molecule has 2 rings (SSSR count). The second-order valence-electron chi connectivity index (χ2n) is 8.35. The Kier molecular flexibility index (Phi) is 7.21. The minimum Gasteiger partial charge on any atom is -0.327 e. The van der Waals surface area contributed by atoms with E-state index in [0.29, 0.717) is 11.6 Å². The van der Waals surface area contributed by atoms with Crippen molar-refractivity contribution in [2.24, 2.45) is 17.6 Å². The maximum atomic E-state index is 6.22. The molecule has 0 bridgehead atoms. The van der Waals surface area contributed by atoms with E-state index in [1.165, 1.54) is 83.7 Å². The van der Waals surface area contributed by atoms with Gasteiger partial charge in [0.2, 0.25) is 0 Å². The number of nitrogens with two attached hydrogens (primary N) is 1. The third kappa shape index (κ3) is 4.47. The highest BCUT2D eigenvalue weighted by Crippen LogP contribution is 2.44. The molecule has 22 heavy (non-hydrogen) atoms. The van der Waals surface area contributed by atoms with Gasteiger partial charge in [0, 0.05) is 24.7 Å². The largest absolute Gasteiger partial charge is 0.327 e. The number of nitrogens with zero attached hydrogens (tertiary/aromatic N) is 1. The fourth-order valence-electron chi connectivity index (χ4n) is 4.71. The summed E-state index contributed by atoms with van der Waals surface area (Å²) >= 11 is 0. The molecule has 4 unspecified atom stereocenters. The first kappa shape index (κ1) is 18.3. The van der Waals surface area contributed by atoms with Crippen molar-refractivity contribution < 1.29 is 0 Å². The summed E-state index contributed by atoms with van der Waals surface area (Å²) < 4.78 is 0. The van der Waals surface area contributed by atoms with Crippen LogP contribution < -0.4 is 5.73 Å². The van der Waals surface area contributed by atoms with Gasteiger partial charge in [-0.2, -0.15) is 0 Å². The quantitative estimate of drug-likeness (QED) is 0.546. The summed E-state index contributed by atoms with van der Waals surface area (Å²) in [4.78, 5) is 2.84. The van der Waals surface area contributed by atoms with E-state index in [4.69, 9.17) is 5.73 Å². The van der Waals surface area contributed by atoms with E-state index in [2.05, 4.69) is 25.7 Å². The zero-order valence-electron chi connectivity index (χ0n) is 15.4. The molecular weight excluding hydrogens is 268 g/mol. The molecule has 0 aromatic heterocycles. The van der Waals surface area contributed by atoms with Crippen molar-refractivity contribution in [2.45, 2.75) is 103 Å². The number of rotatable bonds is 11. The molecule has 1 saturated carbocycles. The van der Waals surface area contributed by atoms with Crippen LogP contribution in [0.4, 0.5) is 0 Å². The molecule has 0 spiro atoms. The van der Waals surface area contributed by atoms with Gasteiger partial charge >= 0.3 is 0 Å². The van der Waals surface area contributed by atoms with Crippen molar-refractivity contribution in [3.05, 3.63) is 0 Å². The van der Waals surface area contributed by atoms with Gasteiger partial charge < -0.3 is 5.73 Å². The minimum absolute atomic E-state index is 0.443. The van der Waals surface area contributed by atoms with Crippen LogP contribution in [0.25, 0.3) is 0 Å². The summed E-state index contributed by atoms with van der Waals surface area (Å²) in [6.45, 7) is 9.79. The fraction of sp³-hybridized carbons (Fsp3) is 1.00. The number of hydrogen-bond donors (Lipinski definition) is 1. The molecule has 4 atom stereocenters. The highest BCUT2D eigenvalue weighted by atomic mass is 15.2. The van der Waals surface area contributed by atoms with E-state index in [1.807, 2.05) is 0 Å². The molecule has 1 aliphatic carbocycles.